The molecule has 1 aromatic heterocycles. The van der Waals surface area contributed by atoms with Gasteiger partial charge >= 0.3 is 0 Å². The van der Waals surface area contributed by atoms with E-state index in [4.69, 9.17) is 0 Å². The molecule has 24 heavy (non-hydrogen) atoms. The molecule has 5 heteroatoms. The van der Waals surface area contributed by atoms with Crippen molar-refractivity contribution in [1.82, 2.24) is 15.6 Å². The van der Waals surface area contributed by atoms with Gasteiger partial charge in [0.25, 0.3) is 5.91 Å². The molecule has 126 valence electrons. The van der Waals surface area contributed by atoms with Crippen LogP contribution < -0.4 is 10.6 Å². The van der Waals surface area contributed by atoms with E-state index in [9.17, 15) is 4.79 Å². The zero-order valence-electron chi connectivity index (χ0n) is 13.8. The molecule has 2 heterocycles. The summed E-state index contributed by atoms with van der Waals surface area (Å²) in [6, 6.07) is 2.31. The van der Waals surface area contributed by atoms with Gasteiger partial charge in [0.15, 0.2) is 0 Å². The third-order valence-electron chi connectivity index (χ3n) is 6.46. The molecule has 1 aromatic rings. The number of hydrogen-bond acceptors (Lipinski definition) is 3. The molecule has 0 radical (unpaired) electrons. The summed E-state index contributed by atoms with van der Waals surface area (Å²) < 4.78 is 0. The number of nitrogens with one attached hydrogen (secondary N) is 3. The van der Waals surface area contributed by atoms with Crippen LogP contribution in [0.1, 0.15) is 48.2 Å². The van der Waals surface area contributed by atoms with Gasteiger partial charge in [-0.1, -0.05) is 0 Å². The lowest BCUT2D eigenvalue weighted by Gasteiger charge is -2.54. The second-order valence-electron chi connectivity index (χ2n) is 8.01. The van der Waals surface area contributed by atoms with E-state index in [2.05, 4.69) is 20.6 Å². The van der Waals surface area contributed by atoms with Gasteiger partial charge in [0.05, 0.1) is 0 Å². The molecule has 1 amide bonds. The third-order valence-corrected chi connectivity index (χ3v) is 6.46. The van der Waals surface area contributed by atoms with Gasteiger partial charge in [-0.05, 0) is 61.8 Å². The third kappa shape index (κ3) is 2.38. The maximum Gasteiger partial charge on any atom is 0.267 e. The van der Waals surface area contributed by atoms with Crippen molar-refractivity contribution in [2.45, 2.75) is 38.1 Å². The number of aromatic nitrogens is 1. The van der Waals surface area contributed by atoms with Gasteiger partial charge in [0.1, 0.15) is 12.4 Å². The fourth-order valence-corrected chi connectivity index (χ4v) is 5.63. The number of aliphatic imine (C=N–C) groups is 1. The van der Waals surface area contributed by atoms with Crippen LogP contribution in [0.15, 0.2) is 23.5 Å². The quantitative estimate of drug-likeness (QED) is 0.800. The molecule has 0 spiro atoms. The molecule has 5 aliphatic rings. The van der Waals surface area contributed by atoms with E-state index in [1.54, 1.807) is 0 Å². The highest BCUT2D eigenvalue weighted by atomic mass is 16.1. The second kappa shape index (κ2) is 5.50. The number of nitrogens with zero attached hydrogens (tertiary/aromatic N) is 1. The smallest absolute Gasteiger partial charge is 0.267 e. The highest BCUT2D eigenvalue weighted by Crippen LogP contribution is 2.53. The molecule has 4 bridgehead atoms. The standard InChI is InChI=1S/C19H24N4O/c24-19(17-6-15(9-22-17)16-7-20-10-21-8-16)23-18-13-2-11-1-12(4-13)5-14(18)3-11/h6-9,11-14,18,20,22H,1-5,10H2,(H,23,24). The average Bonchev–Trinajstić information content (AvgIpc) is 3.08. The van der Waals surface area contributed by atoms with E-state index in [1.807, 2.05) is 24.7 Å². The monoisotopic (exact) mass is 324 g/mol. The fourth-order valence-electron chi connectivity index (χ4n) is 5.63. The topological polar surface area (TPSA) is 69.3 Å². The molecule has 0 aromatic carbocycles. The Balaban J connectivity index is 1.30. The molecule has 5 nitrogen and oxygen atoms in total. The van der Waals surface area contributed by atoms with Gasteiger partial charge in [-0.3, -0.25) is 9.79 Å². The van der Waals surface area contributed by atoms with Crippen molar-refractivity contribution >= 4 is 17.7 Å². The van der Waals surface area contributed by atoms with Crippen LogP contribution in [0.4, 0.5) is 0 Å². The zero-order valence-corrected chi connectivity index (χ0v) is 13.8. The number of hydrogen-bond donors (Lipinski definition) is 3. The molecular weight excluding hydrogens is 300 g/mol. The van der Waals surface area contributed by atoms with Crippen molar-refractivity contribution in [1.29, 1.82) is 0 Å². The first-order valence-electron chi connectivity index (χ1n) is 9.19. The first kappa shape index (κ1) is 14.3. The fraction of sp³-hybridized carbons (Fsp3) is 0.579. The number of rotatable bonds is 3. The molecule has 0 atom stereocenters. The Hall–Kier alpha value is -2.04. The van der Waals surface area contributed by atoms with Gasteiger partial charge in [0, 0.05) is 35.8 Å². The van der Waals surface area contributed by atoms with Crippen molar-refractivity contribution in [2.24, 2.45) is 28.7 Å². The highest BCUT2D eigenvalue weighted by Gasteiger charge is 2.48. The Morgan fingerprint density at radius 2 is 1.88 bits per heavy atom. The molecular formula is C19H24N4O. The number of carbonyl (C=O) groups is 1. The summed E-state index contributed by atoms with van der Waals surface area (Å²) in [4.78, 5) is 20.1. The van der Waals surface area contributed by atoms with E-state index in [0.29, 0.717) is 30.2 Å². The SMILES string of the molecule is O=C(NC1C2CC3CC(C2)CC1C3)c1cc(C2=CNCN=C2)c[nH]1. The van der Waals surface area contributed by atoms with E-state index in [0.717, 1.165) is 23.0 Å². The summed E-state index contributed by atoms with van der Waals surface area (Å²) in [6.45, 7) is 0.619. The van der Waals surface area contributed by atoms with Crippen LogP contribution in [-0.4, -0.2) is 29.8 Å². The Morgan fingerprint density at radius 3 is 2.54 bits per heavy atom. The number of amides is 1. The van der Waals surface area contributed by atoms with Crippen LogP contribution in [0.3, 0.4) is 0 Å². The minimum Gasteiger partial charge on any atom is -0.372 e. The van der Waals surface area contributed by atoms with E-state index < -0.39 is 0 Å². The normalized spacial score (nSPS) is 36.3. The molecule has 0 saturated heterocycles. The van der Waals surface area contributed by atoms with Gasteiger partial charge in [-0.2, -0.15) is 0 Å². The van der Waals surface area contributed by atoms with Gasteiger partial charge in [-0.15, -0.1) is 0 Å². The van der Waals surface area contributed by atoms with Crippen LogP contribution in [0.2, 0.25) is 0 Å². The van der Waals surface area contributed by atoms with Crippen molar-refractivity contribution in [2.75, 3.05) is 6.67 Å². The lowest BCUT2D eigenvalue weighted by atomic mass is 9.54. The number of carbonyl (C=O) groups excluding carboxylic acids is 1. The minimum atomic E-state index is 0.0417. The molecule has 0 unspecified atom stereocenters. The van der Waals surface area contributed by atoms with Crippen LogP contribution in [0, 0.1) is 23.7 Å². The predicted molar refractivity (Wildman–Crippen MR) is 93.6 cm³/mol. The largest absolute Gasteiger partial charge is 0.372 e. The van der Waals surface area contributed by atoms with Gasteiger partial charge < -0.3 is 15.6 Å². The van der Waals surface area contributed by atoms with Crippen molar-refractivity contribution in [3.63, 3.8) is 0 Å². The highest BCUT2D eigenvalue weighted by molar-refractivity contribution is 6.10. The second-order valence-corrected chi connectivity index (χ2v) is 8.01. The first-order valence-corrected chi connectivity index (χ1v) is 9.19. The summed E-state index contributed by atoms with van der Waals surface area (Å²) in [5, 5.41) is 6.45. The van der Waals surface area contributed by atoms with Gasteiger partial charge in [-0.25, -0.2) is 0 Å². The van der Waals surface area contributed by atoms with Crippen LogP contribution in [-0.2, 0) is 0 Å². The first-order chi connectivity index (χ1) is 11.8. The van der Waals surface area contributed by atoms with Crippen LogP contribution in [0.5, 0.6) is 0 Å². The number of allylic oxidation sites excluding steroid dienone is 1. The van der Waals surface area contributed by atoms with E-state index >= 15 is 0 Å². The average molecular weight is 324 g/mol. The zero-order chi connectivity index (χ0) is 16.1. The lowest BCUT2D eigenvalue weighted by molar-refractivity contribution is -0.0120. The number of aromatic amines is 1. The van der Waals surface area contributed by atoms with E-state index in [-0.39, 0.29) is 5.91 Å². The molecule has 6 rings (SSSR count). The predicted octanol–water partition coefficient (Wildman–Crippen LogP) is 2.54. The Kier molecular flexibility index (Phi) is 3.28. The maximum atomic E-state index is 12.7. The Morgan fingerprint density at radius 1 is 1.12 bits per heavy atom. The Labute approximate surface area is 142 Å². The van der Waals surface area contributed by atoms with Crippen LogP contribution >= 0.6 is 0 Å². The Bertz CT molecular complexity index is 689. The van der Waals surface area contributed by atoms with Crippen molar-refractivity contribution in [3.8, 4) is 0 Å². The summed E-state index contributed by atoms with van der Waals surface area (Å²) >= 11 is 0. The molecule has 4 saturated carbocycles. The molecule has 1 aliphatic heterocycles. The van der Waals surface area contributed by atoms with E-state index in [1.165, 1.54) is 32.1 Å². The lowest BCUT2D eigenvalue weighted by Crippen LogP contribution is -2.55. The molecule has 4 aliphatic carbocycles. The summed E-state index contributed by atoms with van der Waals surface area (Å²) in [6.07, 6.45) is 12.4. The summed E-state index contributed by atoms with van der Waals surface area (Å²) in [5.74, 6) is 3.32. The summed E-state index contributed by atoms with van der Waals surface area (Å²) in [5.41, 5.74) is 2.66. The molecule has 3 N–H and O–H groups in total. The van der Waals surface area contributed by atoms with Crippen molar-refractivity contribution in [3.05, 3.63) is 29.7 Å². The van der Waals surface area contributed by atoms with Gasteiger partial charge in [0.2, 0.25) is 0 Å². The minimum absolute atomic E-state index is 0.0417. The number of H-pyrrole nitrogens is 1. The van der Waals surface area contributed by atoms with Crippen molar-refractivity contribution < 1.29 is 4.79 Å². The van der Waals surface area contributed by atoms with Crippen LogP contribution in [0.25, 0.3) is 5.57 Å². The summed E-state index contributed by atoms with van der Waals surface area (Å²) in [7, 11) is 0. The molecule has 4 fully saturated rings. The maximum absolute atomic E-state index is 12.7.